The van der Waals surface area contributed by atoms with Crippen LogP contribution in [0.25, 0.3) is 0 Å². The van der Waals surface area contributed by atoms with E-state index in [0.29, 0.717) is 31.1 Å². The lowest BCUT2D eigenvalue weighted by Gasteiger charge is -2.34. The fraction of sp³-hybridized carbons (Fsp3) is 0.500. The Morgan fingerprint density at radius 1 is 1.14 bits per heavy atom. The molecule has 1 aliphatic heterocycles. The number of piperazine rings is 1. The van der Waals surface area contributed by atoms with Crippen molar-refractivity contribution in [1.82, 2.24) is 14.6 Å². The Morgan fingerprint density at radius 2 is 1.93 bits per heavy atom. The van der Waals surface area contributed by atoms with Crippen molar-refractivity contribution >= 4 is 33.1 Å². The summed E-state index contributed by atoms with van der Waals surface area (Å²) >= 11 is 1.54. The Balaban J connectivity index is 1.26. The lowest BCUT2D eigenvalue weighted by molar-refractivity contribution is 0.0960. The lowest BCUT2D eigenvalue weighted by Crippen LogP contribution is -2.50. The van der Waals surface area contributed by atoms with Gasteiger partial charge < -0.3 is 10.2 Å². The minimum atomic E-state index is -3.39. The third-order valence-electron chi connectivity index (χ3n) is 5.47. The van der Waals surface area contributed by atoms with Crippen molar-refractivity contribution < 1.29 is 13.2 Å². The number of carbonyl (C=O) groups excluding carboxylic acids is 1. The van der Waals surface area contributed by atoms with E-state index < -0.39 is 10.0 Å². The highest BCUT2D eigenvalue weighted by molar-refractivity contribution is 7.89. The second-order valence-corrected chi connectivity index (χ2v) is 10.6. The van der Waals surface area contributed by atoms with Crippen molar-refractivity contribution in [3.05, 3.63) is 45.8 Å². The molecule has 2 aromatic rings. The van der Waals surface area contributed by atoms with Gasteiger partial charge >= 0.3 is 0 Å². The number of rotatable bonds is 6. The average molecular weight is 435 g/mol. The van der Waals surface area contributed by atoms with Gasteiger partial charge in [-0.2, -0.15) is 4.31 Å². The normalized spacial score (nSPS) is 17.7. The fourth-order valence-corrected chi connectivity index (χ4v) is 6.36. The van der Waals surface area contributed by atoms with Crippen LogP contribution in [0.4, 0.5) is 5.82 Å². The summed E-state index contributed by atoms with van der Waals surface area (Å²) in [7, 11) is -3.39. The standard InChI is InChI=1S/C20H26N4O3S2/c25-20(18-15-16-5-1-2-6-17(16)28-18)22-9-14-29(26,27)24-12-10-23(11-13-24)19-7-3-4-8-21-19/h3-4,7-8,15H,1-2,5-6,9-14H2,(H,22,25). The molecule has 0 saturated carbocycles. The van der Waals surface area contributed by atoms with Gasteiger partial charge in [0.25, 0.3) is 5.91 Å². The molecule has 1 N–H and O–H groups in total. The monoisotopic (exact) mass is 434 g/mol. The van der Waals surface area contributed by atoms with Crippen molar-refractivity contribution in [1.29, 1.82) is 0 Å². The number of hydrogen-bond acceptors (Lipinski definition) is 6. The summed E-state index contributed by atoms with van der Waals surface area (Å²) in [5.41, 5.74) is 1.28. The lowest BCUT2D eigenvalue weighted by atomic mass is 9.99. The van der Waals surface area contributed by atoms with Crippen molar-refractivity contribution in [2.75, 3.05) is 43.4 Å². The summed E-state index contributed by atoms with van der Waals surface area (Å²) in [6.07, 6.45) is 6.19. The molecule has 0 atom stereocenters. The van der Waals surface area contributed by atoms with Gasteiger partial charge in [0.15, 0.2) is 0 Å². The van der Waals surface area contributed by atoms with Crippen LogP contribution in [0.5, 0.6) is 0 Å². The molecule has 9 heteroatoms. The third kappa shape index (κ3) is 4.79. The zero-order valence-corrected chi connectivity index (χ0v) is 18.0. The molecule has 0 radical (unpaired) electrons. The molecular formula is C20H26N4O3S2. The quantitative estimate of drug-likeness (QED) is 0.751. The number of aromatic nitrogens is 1. The predicted octanol–water partition coefficient (Wildman–Crippen LogP) is 1.90. The first-order valence-electron chi connectivity index (χ1n) is 10.1. The summed E-state index contributed by atoms with van der Waals surface area (Å²) in [5.74, 6) is 0.628. The summed E-state index contributed by atoms with van der Waals surface area (Å²) in [4.78, 5) is 20.8. The summed E-state index contributed by atoms with van der Waals surface area (Å²) < 4.78 is 26.8. The van der Waals surface area contributed by atoms with Crippen LogP contribution in [0.3, 0.4) is 0 Å². The summed E-state index contributed by atoms with van der Waals surface area (Å²) in [6, 6.07) is 7.70. The van der Waals surface area contributed by atoms with Gasteiger partial charge in [0.1, 0.15) is 5.82 Å². The van der Waals surface area contributed by atoms with E-state index in [1.165, 1.54) is 27.6 Å². The Kier molecular flexibility index (Phi) is 6.17. The van der Waals surface area contributed by atoms with Gasteiger partial charge in [0, 0.05) is 43.8 Å². The number of aryl methyl sites for hydroxylation is 2. The number of sulfonamides is 1. The van der Waals surface area contributed by atoms with Crippen LogP contribution in [-0.4, -0.2) is 62.1 Å². The number of anilines is 1. The van der Waals surface area contributed by atoms with Gasteiger partial charge in [-0.1, -0.05) is 6.07 Å². The van der Waals surface area contributed by atoms with Crippen molar-refractivity contribution in [3.63, 3.8) is 0 Å². The molecular weight excluding hydrogens is 408 g/mol. The third-order valence-corrected chi connectivity index (χ3v) is 8.58. The van der Waals surface area contributed by atoms with Crippen LogP contribution in [0.1, 0.15) is 33.0 Å². The van der Waals surface area contributed by atoms with E-state index in [1.807, 2.05) is 24.3 Å². The topological polar surface area (TPSA) is 82.6 Å². The zero-order valence-electron chi connectivity index (χ0n) is 16.3. The molecule has 0 spiro atoms. The van der Waals surface area contributed by atoms with Crippen molar-refractivity contribution in [2.45, 2.75) is 25.7 Å². The SMILES string of the molecule is O=C(NCCS(=O)(=O)N1CCN(c2ccccn2)CC1)c1cc2c(s1)CCCC2. The molecule has 1 amide bonds. The van der Waals surface area contributed by atoms with Gasteiger partial charge in [-0.15, -0.1) is 11.3 Å². The fourth-order valence-electron chi connectivity index (χ4n) is 3.85. The largest absolute Gasteiger partial charge is 0.354 e. The smallest absolute Gasteiger partial charge is 0.261 e. The molecule has 156 valence electrons. The number of amides is 1. The number of nitrogens with one attached hydrogen (secondary N) is 1. The second kappa shape index (κ2) is 8.81. The van der Waals surface area contributed by atoms with Crippen molar-refractivity contribution in [3.8, 4) is 0 Å². The van der Waals surface area contributed by atoms with E-state index in [0.717, 1.165) is 18.7 Å². The van der Waals surface area contributed by atoms with E-state index in [-0.39, 0.29) is 18.2 Å². The highest BCUT2D eigenvalue weighted by atomic mass is 32.2. The summed E-state index contributed by atoms with van der Waals surface area (Å²) in [5, 5.41) is 2.78. The molecule has 0 aromatic carbocycles. The first kappa shape index (κ1) is 20.3. The zero-order chi connectivity index (χ0) is 20.3. The first-order valence-corrected chi connectivity index (χ1v) is 12.5. The Labute approximate surface area is 175 Å². The molecule has 2 aliphatic rings. The molecule has 1 saturated heterocycles. The molecule has 3 heterocycles. The Morgan fingerprint density at radius 3 is 2.66 bits per heavy atom. The minimum absolute atomic E-state index is 0.0760. The summed E-state index contributed by atoms with van der Waals surface area (Å²) in [6.45, 7) is 2.23. The van der Waals surface area contributed by atoms with Crippen molar-refractivity contribution in [2.24, 2.45) is 0 Å². The number of nitrogens with zero attached hydrogens (tertiary/aromatic N) is 3. The van der Waals surface area contributed by atoms with E-state index in [1.54, 1.807) is 17.5 Å². The average Bonchev–Trinajstić information content (AvgIpc) is 3.19. The maximum atomic E-state index is 12.6. The molecule has 1 fully saturated rings. The van der Waals surface area contributed by atoms with Crippen LogP contribution >= 0.6 is 11.3 Å². The second-order valence-electron chi connectivity index (χ2n) is 7.41. The van der Waals surface area contributed by atoms with Crippen LogP contribution in [-0.2, 0) is 22.9 Å². The van der Waals surface area contributed by atoms with E-state index in [2.05, 4.69) is 15.2 Å². The molecule has 1 aliphatic carbocycles. The number of hydrogen-bond donors (Lipinski definition) is 1. The van der Waals surface area contributed by atoms with E-state index in [9.17, 15) is 13.2 Å². The first-order chi connectivity index (χ1) is 14.0. The van der Waals surface area contributed by atoms with Crippen LogP contribution in [0, 0.1) is 0 Å². The van der Waals surface area contributed by atoms with Gasteiger partial charge in [0.05, 0.1) is 10.6 Å². The molecule has 0 unspecified atom stereocenters. The predicted molar refractivity (Wildman–Crippen MR) is 115 cm³/mol. The molecule has 7 nitrogen and oxygen atoms in total. The Bertz CT molecular complexity index is 928. The minimum Gasteiger partial charge on any atom is -0.354 e. The highest BCUT2D eigenvalue weighted by Crippen LogP contribution is 2.29. The van der Waals surface area contributed by atoms with Crippen LogP contribution < -0.4 is 10.2 Å². The maximum absolute atomic E-state index is 12.6. The van der Waals surface area contributed by atoms with Crippen LogP contribution in [0.2, 0.25) is 0 Å². The number of thiophene rings is 1. The molecule has 29 heavy (non-hydrogen) atoms. The van der Waals surface area contributed by atoms with Gasteiger partial charge in [-0.3, -0.25) is 4.79 Å². The Hall–Kier alpha value is -1.97. The number of fused-ring (bicyclic) bond motifs is 1. The molecule has 0 bridgehead atoms. The molecule has 2 aromatic heterocycles. The highest BCUT2D eigenvalue weighted by Gasteiger charge is 2.27. The molecule has 4 rings (SSSR count). The number of pyridine rings is 1. The van der Waals surface area contributed by atoms with Crippen LogP contribution in [0.15, 0.2) is 30.5 Å². The number of carbonyl (C=O) groups is 1. The van der Waals surface area contributed by atoms with E-state index in [4.69, 9.17) is 0 Å². The van der Waals surface area contributed by atoms with Gasteiger partial charge in [-0.05, 0) is 49.4 Å². The maximum Gasteiger partial charge on any atom is 0.261 e. The van der Waals surface area contributed by atoms with E-state index >= 15 is 0 Å². The van der Waals surface area contributed by atoms with Gasteiger partial charge in [0.2, 0.25) is 10.0 Å². The van der Waals surface area contributed by atoms with Gasteiger partial charge in [-0.25, -0.2) is 13.4 Å².